The minimum atomic E-state index is -0.452. The molecule has 4 aromatic rings. The molecule has 1 aromatic carbocycles. The molecule has 1 fully saturated rings. The second kappa shape index (κ2) is 9.75. The average Bonchev–Trinajstić information content (AvgIpc) is 3.47. The van der Waals surface area contributed by atoms with E-state index in [4.69, 9.17) is 4.74 Å². The van der Waals surface area contributed by atoms with Gasteiger partial charge in [0.1, 0.15) is 11.6 Å². The number of hydrogen-bond donors (Lipinski definition) is 4. The Hall–Kier alpha value is -3.92. The third kappa shape index (κ3) is 4.97. The van der Waals surface area contributed by atoms with Gasteiger partial charge < -0.3 is 25.3 Å². The SMILES string of the molecule is C/C=C/c1cc(Nc2cc(N3CCNC(CC)C3)nc(Oc3ccc4[nH]c(C)cc4c3F)n2)n[nH]1. The lowest BCUT2D eigenvalue weighted by Gasteiger charge is -2.34. The molecule has 0 spiro atoms. The number of aryl methyl sites for hydroxylation is 1. The minimum absolute atomic E-state index is 0.0614. The molecule has 5 rings (SSSR count). The highest BCUT2D eigenvalue weighted by molar-refractivity contribution is 5.82. The number of nitrogens with zero attached hydrogens (tertiary/aromatic N) is 4. The molecule has 0 saturated carbocycles. The first-order valence-corrected chi connectivity index (χ1v) is 11.8. The fraction of sp³-hybridized carbons (Fsp3) is 0.320. The molecular weight excluding hydrogens is 447 g/mol. The molecule has 0 bridgehead atoms. The van der Waals surface area contributed by atoms with Gasteiger partial charge in [-0.25, -0.2) is 4.39 Å². The van der Waals surface area contributed by atoms with Crippen LogP contribution in [0.1, 0.15) is 31.7 Å². The zero-order valence-electron chi connectivity index (χ0n) is 20.0. The predicted octanol–water partition coefficient (Wildman–Crippen LogP) is 4.89. The number of rotatable bonds is 7. The van der Waals surface area contributed by atoms with Crippen LogP contribution >= 0.6 is 0 Å². The minimum Gasteiger partial charge on any atom is -0.421 e. The molecule has 1 aliphatic rings. The maximum absolute atomic E-state index is 15.2. The number of benzene rings is 1. The van der Waals surface area contributed by atoms with Crippen molar-refractivity contribution in [3.05, 3.63) is 53.6 Å². The molecule has 4 heterocycles. The van der Waals surface area contributed by atoms with Crippen molar-refractivity contribution < 1.29 is 9.13 Å². The molecule has 1 unspecified atom stereocenters. The lowest BCUT2D eigenvalue weighted by atomic mass is 10.1. The standard InChI is InChI=1S/C25H29FN8O/c1-4-6-17-12-22(33-32-17)29-21-13-23(34-10-9-27-16(5-2)14-34)31-25(30-21)35-20-8-7-19-18(24(20)26)11-15(3)28-19/h4,6-8,11-13,16,27-28H,5,9-10,14H2,1-3H3,(H2,29,30,31,32,33)/b6-4+. The third-order valence-electron chi connectivity index (χ3n) is 6.00. The van der Waals surface area contributed by atoms with Crippen molar-refractivity contribution >= 4 is 34.4 Å². The molecule has 10 heteroatoms. The summed E-state index contributed by atoms with van der Waals surface area (Å²) in [6.45, 7) is 8.44. The molecule has 9 nitrogen and oxygen atoms in total. The monoisotopic (exact) mass is 476 g/mol. The quantitative estimate of drug-likeness (QED) is 0.301. The van der Waals surface area contributed by atoms with Crippen LogP contribution in [0.15, 0.2) is 36.4 Å². The van der Waals surface area contributed by atoms with Crippen LogP contribution < -0.4 is 20.3 Å². The lowest BCUT2D eigenvalue weighted by Crippen LogP contribution is -2.50. The van der Waals surface area contributed by atoms with Crippen molar-refractivity contribution in [2.24, 2.45) is 0 Å². The molecule has 1 atom stereocenters. The van der Waals surface area contributed by atoms with Gasteiger partial charge in [0, 0.05) is 54.4 Å². The summed E-state index contributed by atoms with van der Waals surface area (Å²) in [7, 11) is 0. The van der Waals surface area contributed by atoms with Crippen LogP contribution in [0.4, 0.5) is 21.8 Å². The van der Waals surface area contributed by atoms with Crippen LogP contribution in [0.3, 0.4) is 0 Å². The van der Waals surface area contributed by atoms with Gasteiger partial charge >= 0.3 is 6.01 Å². The van der Waals surface area contributed by atoms with E-state index in [0.29, 0.717) is 34.4 Å². The van der Waals surface area contributed by atoms with Crippen molar-refractivity contribution in [1.29, 1.82) is 0 Å². The smallest absolute Gasteiger partial charge is 0.326 e. The van der Waals surface area contributed by atoms with Crippen LogP contribution in [-0.4, -0.2) is 50.8 Å². The Morgan fingerprint density at radius 2 is 2.11 bits per heavy atom. The molecule has 0 radical (unpaired) electrons. The first-order valence-electron chi connectivity index (χ1n) is 11.8. The van der Waals surface area contributed by atoms with Gasteiger partial charge in [0.2, 0.25) is 0 Å². The second-order valence-corrected chi connectivity index (χ2v) is 8.63. The molecule has 0 aliphatic carbocycles. The fourth-order valence-corrected chi connectivity index (χ4v) is 4.25. The van der Waals surface area contributed by atoms with Crippen molar-refractivity contribution in [3.63, 3.8) is 0 Å². The van der Waals surface area contributed by atoms with Crippen LogP contribution in [0.2, 0.25) is 0 Å². The number of H-pyrrole nitrogens is 2. The first kappa shape index (κ1) is 22.9. The first-order chi connectivity index (χ1) is 17.0. The molecule has 35 heavy (non-hydrogen) atoms. The summed E-state index contributed by atoms with van der Waals surface area (Å²) in [6.07, 6.45) is 4.86. The van der Waals surface area contributed by atoms with Crippen LogP contribution in [0.5, 0.6) is 11.8 Å². The lowest BCUT2D eigenvalue weighted by molar-refractivity contribution is 0.410. The Bertz CT molecular complexity index is 1360. The highest BCUT2D eigenvalue weighted by Gasteiger charge is 2.21. The predicted molar refractivity (Wildman–Crippen MR) is 136 cm³/mol. The summed E-state index contributed by atoms with van der Waals surface area (Å²) in [5.74, 6) is 1.44. The van der Waals surface area contributed by atoms with Gasteiger partial charge in [-0.3, -0.25) is 5.10 Å². The van der Waals surface area contributed by atoms with Gasteiger partial charge in [-0.05, 0) is 44.5 Å². The van der Waals surface area contributed by atoms with Crippen molar-refractivity contribution in [2.45, 2.75) is 33.2 Å². The van der Waals surface area contributed by atoms with E-state index in [9.17, 15) is 0 Å². The number of nitrogens with one attached hydrogen (secondary N) is 4. The molecule has 3 aromatic heterocycles. The summed E-state index contributed by atoms with van der Waals surface area (Å²) in [6, 6.07) is 9.31. The summed E-state index contributed by atoms with van der Waals surface area (Å²) < 4.78 is 21.1. The van der Waals surface area contributed by atoms with E-state index >= 15 is 4.39 Å². The maximum atomic E-state index is 15.2. The fourth-order valence-electron chi connectivity index (χ4n) is 4.25. The van der Waals surface area contributed by atoms with Crippen LogP contribution in [-0.2, 0) is 0 Å². The summed E-state index contributed by atoms with van der Waals surface area (Å²) in [5, 5.41) is 14.4. The van der Waals surface area contributed by atoms with Gasteiger partial charge in [-0.2, -0.15) is 15.1 Å². The van der Waals surface area contributed by atoms with E-state index < -0.39 is 5.82 Å². The third-order valence-corrected chi connectivity index (χ3v) is 6.00. The topological polar surface area (TPSA) is 107 Å². The van der Waals surface area contributed by atoms with Crippen LogP contribution in [0, 0.1) is 12.7 Å². The number of anilines is 3. The van der Waals surface area contributed by atoms with Crippen LogP contribution in [0.25, 0.3) is 17.0 Å². The van der Waals surface area contributed by atoms with Gasteiger partial charge in [-0.1, -0.05) is 13.0 Å². The van der Waals surface area contributed by atoms with E-state index in [2.05, 4.69) is 47.6 Å². The number of fused-ring (bicyclic) bond motifs is 1. The maximum Gasteiger partial charge on any atom is 0.326 e. The van der Waals surface area contributed by atoms with Crippen molar-refractivity contribution in [2.75, 3.05) is 29.9 Å². The van der Waals surface area contributed by atoms with E-state index in [1.807, 2.05) is 38.1 Å². The molecule has 1 saturated heterocycles. The van der Waals surface area contributed by atoms with E-state index in [-0.39, 0.29) is 11.8 Å². The molecule has 4 N–H and O–H groups in total. The number of aromatic amines is 2. The zero-order valence-corrected chi connectivity index (χ0v) is 20.0. The Balaban J connectivity index is 1.49. The van der Waals surface area contributed by atoms with E-state index in [1.54, 1.807) is 18.2 Å². The van der Waals surface area contributed by atoms with Gasteiger partial charge in [0.05, 0.1) is 5.69 Å². The Morgan fingerprint density at radius 1 is 1.23 bits per heavy atom. The van der Waals surface area contributed by atoms with Gasteiger partial charge in [0.25, 0.3) is 0 Å². The van der Waals surface area contributed by atoms with Gasteiger partial charge in [-0.15, -0.1) is 0 Å². The number of aromatic nitrogens is 5. The Kier molecular flexibility index (Phi) is 6.37. The molecule has 182 valence electrons. The van der Waals surface area contributed by atoms with E-state index in [0.717, 1.165) is 37.4 Å². The molecule has 1 aliphatic heterocycles. The molecule has 0 amide bonds. The normalized spacial score (nSPS) is 16.3. The number of hydrogen-bond acceptors (Lipinski definition) is 7. The van der Waals surface area contributed by atoms with E-state index in [1.165, 1.54) is 0 Å². The van der Waals surface area contributed by atoms with Crippen molar-refractivity contribution in [3.8, 4) is 11.8 Å². The zero-order chi connectivity index (χ0) is 24.4. The summed E-state index contributed by atoms with van der Waals surface area (Å²) >= 11 is 0. The number of ether oxygens (including phenoxy) is 1. The summed E-state index contributed by atoms with van der Waals surface area (Å²) in [5.41, 5.74) is 2.46. The number of allylic oxidation sites excluding steroid dienone is 1. The van der Waals surface area contributed by atoms with Crippen molar-refractivity contribution in [1.82, 2.24) is 30.5 Å². The largest absolute Gasteiger partial charge is 0.421 e. The summed E-state index contributed by atoms with van der Waals surface area (Å²) in [4.78, 5) is 14.5. The average molecular weight is 477 g/mol. The second-order valence-electron chi connectivity index (χ2n) is 8.63. The Labute approximate surface area is 202 Å². The highest BCUT2D eigenvalue weighted by Crippen LogP contribution is 2.31. The molecular formula is C25H29FN8O. The number of piperazine rings is 1. The Morgan fingerprint density at radius 3 is 2.94 bits per heavy atom. The highest BCUT2D eigenvalue weighted by atomic mass is 19.1. The van der Waals surface area contributed by atoms with Gasteiger partial charge in [0.15, 0.2) is 17.4 Å². The number of halogens is 1.